The molecule has 1 fully saturated rings. The van der Waals surface area contributed by atoms with Gasteiger partial charge in [-0.3, -0.25) is 9.59 Å². The number of aromatic hydroxyl groups is 1. The predicted molar refractivity (Wildman–Crippen MR) is 79.5 cm³/mol. The van der Waals surface area contributed by atoms with Crippen molar-refractivity contribution >= 4 is 29.2 Å². The van der Waals surface area contributed by atoms with Gasteiger partial charge in [0.25, 0.3) is 0 Å². The molecular weight excluding hydrogens is 294 g/mol. The second-order valence-corrected chi connectivity index (χ2v) is 5.94. The molecule has 21 heavy (non-hydrogen) atoms. The van der Waals surface area contributed by atoms with E-state index in [1.54, 1.807) is 0 Å². The van der Waals surface area contributed by atoms with E-state index in [0.717, 1.165) is 19.3 Å². The monoisotopic (exact) mass is 311 g/mol. The van der Waals surface area contributed by atoms with Gasteiger partial charge in [-0.25, -0.2) is 0 Å². The third-order valence-corrected chi connectivity index (χ3v) is 4.30. The lowest BCUT2D eigenvalue weighted by atomic mass is 9.71. The number of nitrogens with one attached hydrogen (secondary N) is 1. The van der Waals surface area contributed by atoms with Crippen molar-refractivity contribution in [3.8, 4) is 5.75 Å². The summed E-state index contributed by atoms with van der Waals surface area (Å²) < 4.78 is 0. The molecule has 1 aromatic rings. The van der Waals surface area contributed by atoms with Crippen LogP contribution in [-0.4, -0.2) is 22.1 Å². The van der Waals surface area contributed by atoms with Gasteiger partial charge in [0.2, 0.25) is 5.91 Å². The summed E-state index contributed by atoms with van der Waals surface area (Å²) in [7, 11) is 0. The van der Waals surface area contributed by atoms with Crippen LogP contribution >= 0.6 is 11.6 Å². The lowest BCUT2D eigenvalue weighted by Gasteiger charge is -2.32. The van der Waals surface area contributed by atoms with Gasteiger partial charge in [0, 0.05) is 12.1 Å². The van der Waals surface area contributed by atoms with Crippen LogP contribution in [0.2, 0.25) is 5.02 Å². The van der Waals surface area contributed by atoms with Gasteiger partial charge >= 0.3 is 5.97 Å². The SMILES string of the molecule is O=C(CC1(C(=O)O)CCCCC1)Nc1ccc(O)c(Cl)c1. The number of halogens is 1. The molecule has 0 aliphatic heterocycles. The van der Waals surface area contributed by atoms with Crippen molar-refractivity contribution in [2.45, 2.75) is 38.5 Å². The van der Waals surface area contributed by atoms with E-state index in [-0.39, 0.29) is 23.1 Å². The van der Waals surface area contributed by atoms with E-state index in [0.29, 0.717) is 18.5 Å². The molecule has 0 unspecified atom stereocenters. The summed E-state index contributed by atoms with van der Waals surface area (Å²) >= 11 is 5.77. The first-order valence-corrected chi connectivity index (χ1v) is 7.32. The molecule has 0 heterocycles. The van der Waals surface area contributed by atoms with E-state index in [9.17, 15) is 19.8 Å². The van der Waals surface area contributed by atoms with E-state index in [4.69, 9.17) is 11.6 Å². The largest absolute Gasteiger partial charge is 0.506 e. The summed E-state index contributed by atoms with van der Waals surface area (Å²) in [6.07, 6.45) is 3.72. The van der Waals surface area contributed by atoms with Crippen molar-refractivity contribution in [3.05, 3.63) is 23.2 Å². The van der Waals surface area contributed by atoms with Gasteiger partial charge in [0.05, 0.1) is 10.4 Å². The van der Waals surface area contributed by atoms with E-state index in [2.05, 4.69) is 5.32 Å². The van der Waals surface area contributed by atoms with Crippen molar-refractivity contribution in [1.29, 1.82) is 0 Å². The maximum absolute atomic E-state index is 12.1. The normalized spacial score (nSPS) is 17.2. The minimum Gasteiger partial charge on any atom is -0.506 e. The van der Waals surface area contributed by atoms with Crippen molar-refractivity contribution < 1.29 is 19.8 Å². The van der Waals surface area contributed by atoms with Crippen molar-refractivity contribution in [2.24, 2.45) is 5.41 Å². The number of amides is 1. The van der Waals surface area contributed by atoms with Crippen LogP contribution in [0.25, 0.3) is 0 Å². The Morgan fingerprint density at radius 1 is 1.24 bits per heavy atom. The minimum absolute atomic E-state index is 0.0408. The van der Waals surface area contributed by atoms with Crippen LogP contribution in [0.1, 0.15) is 38.5 Å². The number of carbonyl (C=O) groups is 2. The van der Waals surface area contributed by atoms with E-state index < -0.39 is 11.4 Å². The number of carbonyl (C=O) groups excluding carboxylic acids is 1. The van der Waals surface area contributed by atoms with Gasteiger partial charge in [-0.05, 0) is 31.0 Å². The van der Waals surface area contributed by atoms with Gasteiger partial charge in [-0.1, -0.05) is 30.9 Å². The molecule has 0 atom stereocenters. The van der Waals surface area contributed by atoms with Gasteiger partial charge in [0.1, 0.15) is 5.75 Å². The van der Waals surface area contributed by atoms with Crippen LogP contribution in [0.3, 0.4) is 0 Å². The molecule has 5 nitrogen and oxygen atoms in total. The number of anilines is 1. The quantitative estimate of drug-likeness (QED) is 0.744. The van der Waals surface area contributed by atoms with Crippen LogP contribution in [0, 0.1) is 5.41 Å². The third-order valence-electron chi connectivity index (χ3n) is 3.99. The highest BCUT2D eigenvalue weighted by Crippen LogP contribution is 2.40. The Bertz CT molecular complexity index is 553. The Hall–Kier alpha value is -1.75. The number of phenols is 1. The van der Waals surface area contributed by atoms with Crippen LogP contribution in [0.4, 0.5) is 5.69 Å². The lowest BCUT2D eigenvalue weighted by molar-refractivity contribution is -0.153. The lowest BCUT2D eigenvalue weighted by Crippen LogP contribution is -2.37. The van der Waals surface area contributed by atoms with Gasteiger partial charge < -0.3 is 15.5 Å². The summed E-state index contributed by atoms with van der Waals surface area (Å²) in [5, 5.41) is 21.6. The summed E-state index contributed by atoms with van der Waals surface area (Å²) in [4.78, 5) is 23.6. The second-order valence-electron chi connectivity index (χ2n) is 5.54. The fraction of sp³-hybridized carbons (Fsp3) is 0.467. The van der Waals surface area contributed by atoms with Crippen LogP contribution < -0.4 is 5.32 Å². The number of hydrogen-bond donors (Lipinski definition) is 3. The topological polar surface area (TPSA) is 86.6 Å². The number of benzene rings is 1. The van der Waals surface area contributed by atoms with E-state index in [1.165, 1.54) is 18.2 Å². The fourth-order valence-corrected chi connectivity index (χ4v) is 2.97. The summed E-state index contributed by atoms with van der Waals surface area (Å²) in [6, 6.07) is 4.34. The van der Waals surface area contributed by atoms with Crippen molar-refractivity contribution in [1.82, 2.24) is 0 Å². The van der Waals surface area contributed by atoms with Gasteiger partial charge in [-0.2, -0.15) is 0 Å². The van der Waals surface area contributed by atoms with Crippen LogP contribution in [0.15, 0.2) is 18.2 Å². The number of carboxylic acid groups (broad SMARTS) is 1. The van der Waals surface area contributed by atoms with Crippen molar-refractivity contribution in [2.75, 3.05) is 5.32 Å². The van der Waals surface area contributed by atoms with E-state index in [1.807, 2.05) is 0 Å². The Labute approximate surface area is 127 Å². The van der Waals surface area contributed by atoms with Gasteiger partial charge in [0.15, 0.2) is 0 Å². The smallest absolute Gasteiger partial charge is 0.310 e. The van der Waals surface area contributed by atoms with E-state index >= 15 is 0 Å². The standard InChI is InChI=1S/C15H18ClNO4/c16-11-8-10(4-5-12(11)18)17-13(19)9-15(14(20)21)6-2-1-3-7-15/h4-5,8,18H,1-3,6-7,9H2,(H,17,19)(H,20,21). The number of carboxylic acids is 1. The average molecular weight is 312 g/mol. The maximum Gasteiger partial charge on any atom is 0.310 e. The highest BCUT2D eigenvalue weighted by Gasteiger charge is 2.41. The second kappa shape index (κ2) is 6.35. The number of hydrogen-bond acceptors (Lipinski definition) is 3. The van der Waals surface area contributed by atoms with Crippen molar-refractivity contribution in [3.63, 3.8) is 0 Å². The molecule has 1 saturated carbocycles. The first-order chi connectivity index (χ1) is 9.93. The molecule has 0 radical (unpaired) electrons. The average Bonchev–Trinajstić information content (AvgIpc) is 2.43. The molecule has 1 aliphatic rings. The Morgan fingerprint density at radius 3 is 2.48 bits per heavy atom. The van der Waals surface area contributed by atoms with Crippen LogP contribution in [-0.2, 0) is 9.59 Å². The molecule has 6 heteroatoms. The Balaban J connectivity index is 2.05. The summed E-state index contributed by atoms with van der Waals surface area (Å²) in [5.74, 6) is -1.31. The Kier molecular flexibility index (Phi) is 4.73. The molecule has 1 aromatic carbocycles. The molecule has 0 aromatic heterocycles. The molecule has 114 valence electrons. The Morgan fingerprint density at radius 2 is 1.90 bits per heavy atom. The number of phenolic OH excluding ortho intramolecular Hbond substituents is 1. The zero-order valence-electron chi connectivity index (χ0n) is 11.6. The molecule has 1 aliphatic carbocycles. The highest BCUT2D eigenvalue weighted by atomic mass is 35.5. The molecule has 0 bridgehead atoms. The first kappa shape index (κ1) is 15.6. The number of aliphatic carboxylic acids is 1. The summed E-state index contributed by atoms with van der Waals surface area (Å²) in [5.41, 5.74) is -0.512. The molecule has 0 spiro atoms. The summed E-state index contributed by atoms with van der Waals surface area (Å²) in [6.45, 7) is 0. The molecule has 3 N–H and O–H groups in total. The predicted octanol–water partition coefficient (Wildman–Crippen LogP) is 3.41. The molecular formula is C15H18ClNO4. The highest BCUT2D eigenvalue weighted by molar-refractivity contribution is 6.32. The first-order valence-electron chi connectivity index (χ1n) is 6.95. The fourth-order valence-electron chi connectivity index (χ4n) is 2.79. The van der Waals surface area contributed by atoms with Crippen LogP contribution in [0.5, 0.6) is 5.75 Å². The zero-order valence-corrected chi connectivity index (χ0v) is 12.3. The maximum atomic E-state index is 12.1. The van der Waals surface area contributed by atoms with Gasteiger partial charge in [-0.15, -0.1) is 0 Å². The zero-order chi connectivity index (χ0) is 15.5. The molecule has 2 rings (SSSR count). The molecule has 1 amide bonds. The third kappa shape index (κ3) is 3.67. The number of rotatable bonds is 4. The minimum atomic E-state index is -0.955. The molecule has 0 saturated heterocycles.